The zero-order chi connectivity index (χ0) is 16.2. The molecule has 1 amide bonds. The Morgan fingerprint density at radius 1 is 1.41 bits per heavy atom. The van der Waals surface area contributed by atoms with E-state index < -0.39 is 6.04 Å². The predicted molar refractivity (Wildman–Crippen MR) is 89.6 cm³/mol. The molecule has 6 heteroatoms. The first-order valence-corrected chi connectivity index (χ1v) is 8.76. The van der Waals surface area contributed by atoms with E-state index in [-0.39, 0.29) is 18.1 Å². The monoisotopic (exact) mass is 324 g/mol. The molecule has 0 bridgehead atoms. The Hall–Kier alpha value is -1.40. The number of amides is 1. The van der Waals surface area contributed by atoms with Crippen molar-refractivity contribution in [3.63, 3.8) is 0 Å². The lowest BCUT2D eigenvalue weighted by atomic mass is 9.84. The van der Waals surface area contributed by atoms with Gasteiger partial charge in [-0.05, 0) is 36.1 Å². The summed E-state index contributed by atoms with van der Waals surface area (Å²) in [5, 5.41) is 2.95. The van der Waals surface area contributed by atoms with E-state index >= 15 is 0 Å². The summed E-state index contributed by atoms with van der Waals surface area (Å²) in [7, 11) is 0. The van der Waals surface area contributed by atoms with Crippen LogP contribution < -0.4 is 20.5 Å². The first kappa shape index (κ1) is 17.0. The van der Waals surface area contributed by atoms with Gasteiger partial charge in [0.15, 0.2) is 11.5 Å². The van der Waals surface area contributed by atoms with Crippen molar-refractivity contribution in [1.82, 2.24) is 5.32 Å². The van der Waals surface area contributed by atoms with E-state index in [0.717, 1.165) is 22.8 Å². The van der Waals surface area contributed by atoms with Crippen molar-refractivity contribution in [2.45, 2.75) is 31.7 Å². The van der Waals surface area contributed by atoms with Crippen molar-refractivity contribution in [3.05, 3.63) is 23.8 Å². The number of rotatable bonds is 7. The molecule has 0 spiro atoms. The molecule has 0 aromatic heterocycles. The summed E-state index contributed by atoms with van der Waals surface area (Å²) in [6.45, 7) is 4.95. The van der Waals surface area contributed by atoms with Crippen molar-refractivity contribution in [2.24, 2.45) is 5.73 Å². The zero-order valence-corrected chi connectivity index (χ0v) is 14.2. The first-order chi connectivity index (χ1) is 10.4. The van der Waals surface area contributed by atoms with E-state index in [9.17, 15) is 4.79 Å². The van der Waals surface area contributed by atoms with Crippen LogP contribution in [0.5, 0.6) is 11.5 Å². The molecule has 3 N–H and O–H groups in total. The number of carbonyl (C=O) groups excluding carboxylic acids is 1. The van der Waals surface area contributed by atoms with Gasteiger partial charge < -0.3 is 20.5 Å². The lowest BCUT2D eigenvalue weighted by molar-refractivity contribution is -0.122. The summed E-state index contributed by atoms with van der Waals surface area (Å²) >= 11 is 1.69. The minimum Gasteiger partial charge on any atom is -0.454 e. The van der Waals surface area contributed by atoms with Gasteiger partial charge in [-0.2, -0.15) is 11.8 Å². The summed E-state index contributed by atoms with van der Waals surface area (Å²) in [5.41, 5.74) is 6.76. The Morgan fingerprint density at radius 3 is 2.86 bits per heavy atom. The number of hydrogen-bond acceptors (Lipinski definition) is 5. The fourth-order valence-corrected chi connectivity index (χ4v) is 2.72. The van der Waals surface area contributed by atoms with Crippen LogP contribution in [-0.2, 0) is 10.2 Å². The van der Waals surface area contributed by atoms with Crippen LogP contribution >= 0.6 is 11.8 Å². The molecule has 122 valence electrons. The highest BCUT2D eigenvalue weighted by Gasteiger charge is 2.25. The summed E-state index contributed by atoms with van der Waals surface area (Å²) < 4.78 is 10.7. The van der Waals surface area contributed by atoms with Crippen molar-refractivity contribution >= 4 is 17.7 Å². The SMILES string of the molecule is CSCC[C@H](N)C(=O)NCC(C)(C)c1ccc2c(c1)OCO2. The molecule has 22 heavy (non-hydrogen) atoms. The molecule has 1 aromatic rings. The third kappa shape index (κ3) is 4.08. The molecule has 1 aromatic carbocycles. The Balaban J connectivity index is 1.94. The second-order valence-electron chi connectivity index (χ2n) is 6.06. The molecule has 0 saturated heterocycles. The summed E-state index contributed by atoms with van der Waals surface area (Å²) in [4.78, 5) is 12.0. The van der Waals surface area contributed by atoms with E-state index in [1.807, 2.05) is 24.5 Å². The number of carbonyl (C=O) groups is 1. The maximum Gasteiger partial charge on any atom is 0.236 e. The van der Waals surface area contributed by atoms with Crippen LogP contribution in [0.25, 0.3) is 0 Å². The minimum atomic E-state index is -0.444. The van der Waals surface area contributed by atoms with Crippen molar-refractivity contribution < 1.29 is 14.3 Å². The van der Waals surface area contributed by atoms with E-state index in [1.54, 1.807) is 11.8 Å². The van der Waals surface area contributed by atoms with Gasteiger partial charge in [-0.15, -0.1) is 0 Å². The van der Waals surface area contributed by atoms with Crippen LogP contribution in [0.1, 0.15) is 25.8 Å². The quantitative estimate of drug-likeness (QED) is 0.801. The molecule has 1 aliphatic heterocycles. The molecule has 5 nitrogen and oxygen atoms in total. The second-order valence-corrected chi connectivity index (χ2v) is 7.04. The van der Waals surface area contributed by atoms with Crippen molar-refractivity contribution in [3.8, 4) is 11.5 Å². The highest BCUT2D eigenvalue weighted by molar-refractivity contribution is 7.98. The lowest BCUT2D eigenvalue weighted by Crippen LogP contribution is -2.45. The number of nitrogens with two attached hydrogens (primary N) is 1. The van der Waals surface area contributed by atoms with Gasteiger partial charge in [-0.25, -0.2) is 0 Å². The molecule has 2 rings (SSSR count). The Kier molecular flexibility index (Phi) is 5.58. The standard InChI is InChI=1S/C16H24N2O3S/c1-16(2,9-18-15(19)12(17)6-7-22-3)11-4-5-13-14(8-11)21-10-20-13/h4-5,8,12H,6-7,9-10,17H2,1-3H3,(H,18,19)/t12-/m0/s1. The fraction of sp³-hybridized carbons (Fsp3) is 0.562. The molecule has 0 saturated carbocycles. The van der Waals surface area contributed by atoms with Crippen LogP contribution in [0.15, 0.2) is 18.2 Å². The average molecular weight is 324 g/mol. The number of nitrogens with one attached hydrogen (secondary N) is 1. The molecule has 1 aliphatic rings. The van der Waals surface area contributed by atoms with Gasteiger partial charge in [0, 0.05) is 12.0 Å². The number of ether oxygens (including phenoxy) is 2. The highest BCUT2D eigenvalue weighted by Crippen LogP contribution is 2.36. The Bertz CT molecular complexity index is 534. The first-order valence-electron chi connectivity index (χ1n) is 7.36. The Labute approximate surface area is 135 Å². The van der Waals surface area contributed by atoms with Crippen LogP contribution in [0.2, 0.25) is 0 Å². The van der Waals surface area contributed by atoms with Gasteiger partial charge in [-0.3, -0.25) is 4.79 Å². The summed E-state index contributed by atoms with van der Waals surface area (Å²) in [6, 6.07) is 5.45. The van der Waals surface area contributed by atoms with Gasteiger partial charge in [0.2, 0.25) is 12.7 Å². The number of fused-ring (bicyclic) bond motifs is 1. The fourth-order valence-electron chi connectivity index (χ4n) is 2.23. The van der Waals surface area contributed by atoms with E-state index in [4.69, 9.17) is 15.2 Å². The van der Waals surface area contributed by atoms with Gasteiger partial charge >= 0.3 is 0 Å². The molecule has 0 aliphatic carbocycles. The maximum atomic E-state index is 12.0. The molecule has 0 radical (unpaired) electrons. The van der Waals surface area contributed by atoms with Gasteiger partial charge in [0.1, 0.15) is 0 Å². The van der Waals surface area contributed by atoms with Crippen LogP contribution in [0, 0.1) is 0 Å². The van der Waals surface area contributed by atoms with Crippen molar-refractivity contribution in [2.75, 3.05) is 25.3 Å². The van der Waals surface area contributed by atoms with E-state index in [0.29, 0.717) is 13.0 Å². The van der Waals surface area contributed by atoms with Crippen LogP contribution in [-0.4, -0.2) is 37.3 Å². The number of thioether (sulfide) groups is 1. The topological polar surface area (TPSA) is 73.6 Å². The van der Waals surface area contributed by atoms with Gasteiger partial charge in [0.25, 0.3) is 0 Å². The van der Waals surface area contributed by atoms with Gasteiger partial charge in [0.05, 0.1) is 6.04 Å². The smallest absolute Gasteiger partial charge is 0.236 e. The molecular formula is C16H24N2O3S. The highest BCUT2D eigenvalue weighted by atomic mass is 32.2. The number of benzene rings is 1. The maximum absolute atomic E-state index is 12.0. The molecule has 1 heterocycles. The third-order valence-corrected chi connectivity index (χ3v) is 4.47. The molecule has 0 unspecified atom stereocenters. The van der Waals surface area contributed by atoms with Gasteiger partial charge in [-0.1, -0.05) is 19.9 Å². The molecular weight excluding hydrogens is 300 g/mol. The zero-order valence-electron chi connectivity index (χ0n) is 13.3. The number of hydrogen-bond donors (Lipinski definition) is 2. The van der Waals surface area contributed by atoms with Crippen LogP contribution in [0.4, 0.5) is 0 Å². The van der Waals surface area contributed by atoms with E-state index in [2.05, 4.69) is 19.2 Å². The Morgan fingerprint density at radius 2 is 2.14 bits per heavy atom. The average Bonchev–Trinajstić information content (AvgIpc) is 2.97. The van der Waals surface area contributed by atoms with E-state index in [1.165, 1.54) is 0 Å². The predicted octanol–water partition coefficient (Wildman–Crippen LogP) is 1.89. The minimum absolute atomic E-state index is 0.0946. The van der Waals surface area contributed by atoms with Crippen LogP contribution in [0.3, 0.4) is 0 Å². The third-order valence-electron chi connectivity index (χ3n) is 3.83. The normalized spacial score (nSPS) is 14.7. The molecule has 1 atom stereocenters. The summed E-state index contributed by atoms with van der Waals surface area (Å²) in [6.07, 6.45) is 2.70. The van der Waals surface area contributed by atoms with Crippen molar-refractivity contribution in [1.29, 1.82) is 0 Å². The summed E-state index contributed by atoms with van der Waals surface area (Å²) in [5.74, 6) is 2.32. The second kappa shape index (κ2) is 7.24. The lowest BCUT2D eigenvalue weighted by Gasteiger charge is -2.26. The largest absolute Gasteiger partial charge is 0.454 e. The molecule has 0 fully saturated rings.